The highest BCUT2D eigenvalue weighted by Crippen LogP contribution is 2.35. The van der Waals surface area contributed by atoms with Crippen LogP contribution in [0.4, 0.5) is 5.69 Å². The van der Waals surface area contributed by atoms with Gasteiger partial charge in [0.15, 0.2) is 5.17 Å². The molecule has 5 rings (SSSR count). The van der Waals surface area contributed by atoms with E-state index in [-0.39, 0.29) is 12.1 Å². The smallest absolute Gasteiger partial charge is 0.170 e. The maximum Gasteiger partial charge on any atom is 0.170 e. The fourth-order valence-corrected chi connectivity index (χ4v) is 5.36. The van der Waals surface area contributed by atoms with E-state index in [4.69, 9.17) is 21.6 Å². The summed E-state index contributed by atoms with van der Waals surface area (Å²) >= 11 is 8.24. The number of fused-ring (bicyclic) bond motifs is 3. The van der Waals surface area contributed by atoms with Gasteiger partial charge in [0.2, 0.25) is 0 Å². The molecule has 5 nitrogen and oxygen atoms in total. The Morgan fingerprint density at radius 3 is 2.86 bits per heavy atom. The molecule has 2 aromatic carbocycles. The van der Waals surface area contributed by atoms with Gasteiger partial charge in [-0.25, -0.2) is 4.99 Å². The third kappa shape index (κ3) is 3.48. The van der Waals surface area contributed by atoms with Crippen LogP contribution in [0.15, 0.2) is 58.5 Å². The predicted octanol–water partition coefficient (Wildman–Crippen LogP) is 3.78. The first-order valence-electron chi connectivity index (χ1n) is 10.0. The molecule has 0 radical (unpaired) electrons. The van der Waals surface area contributed by atoms with Crippen LogP contribution in [-0.2, 0) is 0 Å². The lowest BCUT2D eigenvalue weighted by Crippen LogP contribution is -2.53. The summed E-state index contributed by atoms with van der Waals surface area (Å²) in [5.74, 6) is 1.06. The lowest BCUT2D eigenvalue weighted by atomic mass is 10.0. The Balaban J connectivity index is 1.42. The highest BCUT2D eigenvalue weighted by molar-refractivity contribution is 8.13. The average molecular weight is 426 g/mol. The summed E-state index contributed by atoms with van der Waals surface area (Å²) in [5.41, 5.74) is 3.35. The molecule has 2 atom stereocenters. The Morgan fingerprint density at radius 2 is 2.00 bits per heavy atom. The van der Waals surface area contributed by atoms with Gasteiger partial charge in [-0.15, -0.1) is 0 Å². The molecule has 0 bridgehead atoms. The molecule has 7 heteroatoms. The zero-order valence-corrected chi connectivity index (χ0v) is 18.0. The fourth-order valence-electron chi connectivity index (χ4n) is 4.47. The normalized spacial score (nSPS) is 24.0. The van der Waals surface area contributed by atoms with Crippen LogP contribution in [0.1, 0.15) is 17.2 Å². The van der Waals surface area contributed by atoms with Crippen molar-refractivity contribution in [2.24, 2.45) is 9.98 Å². The van der Waals surface area contributed by atoms with Gasteiger partial charge >= 0.3 is 0 Å². The summed E-state index contributed by atoms with van der Waals surface area (Å²) in [6, 6.07) is 17.1. The Hall–Kier alpha value is -1.86. The molecule has 3 heterocycles. The lowest BCUT2D eigenvalue weighted by molar-refractivity contribution is 0.141. The number of halogens is 1. The van der Waals surface area contributed by atoms with Crippen molar-refractivity contribution in [2.75, 3.05) is 39.0 Å². The number of benzene rings is 2. The second-order valence-corrected chi connectivity index (χ2v) is 8.72. The maximum absolute atomic E-state index is 6.54. The van der Waals surface area contributed by atoms with Crippen LogP contribution in [0.2, 0.25) is 5.02 Å². The largest absolute Gasteiger partial charge is 0.314 e. The summed E-state index contributed by atoms with van der Waals surface area (Å²) < 4.78 is 0. The van der Waals surface area contributed by atoms with Gasteiger partial charge in [-0.3, -0.25) is 14.8 Å². The highest BCUT2D eigenvalue weighted by atomic mass is 35.5. The molecule has 0 aliphatic carbocycles. The van der Waals surface area contributed by atoms with E-state index in [0.29, 0.717) is 0 Å². The Kier molecular flexibility index (Phi) is 5.35. The number of amidine groups is 2. The topological polar surface area (TPSA) is 43.2 Å². The number of rotatable bonds is 3. The van der Waals surface area contributed by atoms with E-state index in [0.717, 1.165) is 60.0 Å². The van der Waals surface area contributed by atoms with Crippen molar-refractivity contribution >= 4 is 40.1 Å². The van der Waals surface area contributed by atoms with Gasteiger partial charge in [0, 0.05) is 42.8 Å². The Labute approximate surface area is 180 Å². The van der Waals surface area contributed by atoms with E-state index >= 15 is 0 Å². The summed E-state index contributed by atoms with van der Waals surface area (Å²) in [7, 11) is 0. The van der Waals surface area contributed by atoms with Crippen LogP contribution >= 0.6 is 23.4 Å². The summed E-state index contributed by atoms with van der Waals surface area (Å²) in [6.45, 7) is 4.64. The number of piperazine rings is 1. The van der Waals surface area contributed by atoms with Crippen LogP contribution in [0.5, 0.6) is 0 Å². The Bertz CT molecular complexity index is 975. The molecule has 2 aromatic rings. The number of hydrogen-bond acceptors (Lipinski definition) is 6. The van der Waals surface area contributed by atoms with Crippen molar-refractivity contribution < 1.29 is 0 Å². The highest BCUT2D eigenvalue weighted by Gasteiger charge is 2.38. The molecule has 1 saturated heterocycles. The van der Waals surface area contributed by atoms with Crippen molar-refractivity contribution in [1.29, 1.82) is 0 Å². The number of nitrogens with zero attached hydrogens (tertiary/aromatic N) is 4. The number of hydrogen-bond donors (Lipinski definition) is 1. The van der Waals surface area contributed by atoms with Crippen molar-refractivity contribution in [1.82, 2.24) is 15.1 Å². The van der Waals surface area contributed by atoms with Gasteiger partial charge in [0.1, 0.15) is 5.84 Å². The maximum atomic E-state index is 6.54. The van der Waals surface area contributed by atoms with Crippen LogP contribution in [0.3, 0.4) is 0 Å². The van der Waals surface area contributed by atoms with Crippen molar-refractivity contribution in [2.45, 2.75) is 12.1 Å². The Morgan fingerprint density at radius 1 is 1.17 bits per heavy atom. The van der Waals surface area contributed by atoms with Gasteiger partial charge in [0.25, 0.3) is 0 Å². The van der Waals surface area contributed by atoms with Gasteiger partial charge in [-0.05, 0) is 30.0 Å². The zero-order valence-electron chi connectivity index (χ0n) is 16.4. The van der Waals surface area contributed by atoms with E-state index in [1.54, 1.807) is 11.8 Å². The van der Waals surface area contributed by atoms with E-state index in [1.807, 2.05) is 18.2 Å². The minimum Gasteiger partial charge on any atom is -0.314 e. The van der Waals surface area contributed by atoms with Gasteiger partial charge < -0.3 is 5.32 Å². The minimum atomic E-state index is 0.272. The van der Waals surface area contributed by atoms with Crippen LogP contribution in [-0.4, -0.2) is 65.8 Å². The molecule has 0 spiro atoms. The van der Waals surface area contributed by atoms with Crippen molar-refractivity contribution in [3.8, 4) is 0 Å². The standard InChI is InChI=1S/C22H24ClN5S/c1-29-22-26-19-9-5-3-7-17(19)21-25-12-15(28(21)22)14-27-11-10-24-13-20(27)16-6-2-4-8-18(16)23/h2-9,15,20,24H,10-14H2,1H3. The molecule has 3 aliphatic rings. The SMILES string of the molecule is CSC1=Nc2ccccc2C2=NCC(CN3CCNCC3c3ccccc3Cl)N12. The average Bonchev–Trinajstić information content (AvgIpc) is 3.18. The fraction of sp³-hybridized carbons (Fsp3) is 0.364. The first-order valence-corrected chi connectivity index (χ1v) is 11.6. The second-order valence-electron chi connectivity index (χ2n) is 7.54. The monoisotopic (exact) mass is 425 g/mol. The van der Waals surface area contributed by atoms with Crippen LogP contribution < -0.4 is 5.32 Å². The zero-order chi connectivity index (χ0) is 19.8. The summed E-state index contributed by atoms with van der Waals surface area (Å²) in [6.07, 6.45) is 2.09. The van der Waals surface area contributed by atoms with Crippen LogP contribution in [0.25, 0.3) is 0 Å². The third-order valence-electron chi connectivity index (χ3n) is 5.86. The summed E-state index contributed by atoms with van der Waals surface area (Å²) in [4.78, 5) is 14.8. The molecular formula is C22H24ClN5S. The number of thioether (sulfide) groups is 1. The molecule has 1 N–H and O–H groups in total. The number of para-hydroxylation sites is 1. The van der Waals surface area contributed by atoms with E-state index in [9.17, 15) is 0 Å². The van der Waals surface area contributed by atoms with Gasteiger partial charge in [0.05, 0.1) is 18.3 Å². The van der Waals surface area contributed by atoms with E-state index in [1.165, 1.54) is 5.56 Å². The summed E-state index contributed by atoms with van der Waals surface area (Å²) in [5, 5.41) is 5.41. The first-order chi connectivity index (χ1) is 14.3. The number of nitrogens with one attached hydrogen (secondary N) is 1. The minimum absolute atomic E-state index is 0.272. The first kappa shape index (κ1) is 19.1. The molecule has 150 valence electrons. The molecule has 0 saturated carbocycles. The molecular weight excluding hydrogens is 402 g/mol. The lowest BCUT2D eigenvalue weighted by Gasteiger charge is -2.40. The molecule has 29 heavy (non-hydrogen) atoms. The van der Waals surface area contributed by atoms with Crippen molar-refractivity contribution in [3.63, 3.8) is 0 Å². The van der Waals surface area contributed by atoms with Crippen LogP contribution in [0, 0.1) is 0 Å². The molecule has 3 aliphatic heterocycles. The van der Waals surface area contributed by atoms with E-state index < -0.39 is 0 Å². The van der Waals surface area contributed by atoms with Gasteiger partial charge in [-0.1, -0.05) is 53.7 Å². The number of aliphatic imine (C=N–C) groups is 2. The molecule has 0 amide bonds. The quantitative estimate of drug-likeness (QED) is 0.812. The van der Waals surface area contributed by atoms with Crippen molar-refractivity contribution in [3.05, 3.63) is 64.7 Å². The van der Waals surface area contributed by atoms with Gasteiger partial charge in [-0.2, -0.15) is 0 Å². The third-order valence-corrected chi connectivity index (χ3v) is 6.86. The molecule has 1 fully saturated rings. The predicted molar refractivity (Wildman–Crippen MR) is 123 cm³/mol. The molecule has 0 aromatic heterocycles. The molecule has 2 unspecified atom stereocenters. The second kappa shape index (κ2) is 8.11. The van der Waals surface area contributed by atoms with E-state index in [2.05, 4.69) is 51.7 Å².